The molecule has 0 aliphatic rings. The van der Waals surface area contributed by atoms with Crippen LogP contribution in [0.15, 0.2) is 23.1 Å². The number of carboxylic acids is 1. The van der Waals surface area contributed by atoms with Crippen molar-refractivity contribution in [2.75, 3.05) is 25.7 Å². The summed E-state index contributed by atoms with van der Waals surface area (Å²) in [5.41, 5.74) is -0.103. The molecule has 118 valence electrons. The van der Waals surface area contributed by atoms with Crippen LogP contribution in [0, 0.1) is 5.92 Å². The van der Waals surface area contributed by atoms with Crippen LogP contribution in [0.4, 0.5) is 0 Å². The van der Waals surface area contributed by atoms with Crippen molar-refractivity contribution in [1.82, 2.24) is 4.72 Å². The van der Waals surface area contributed by atoms with Gasteiger partial charge in [0, 0.05) is 6.54 Å². The van der Waals surface area contributed by atoms with Crippen molar-refractivity contribution in [2.45, 2.75) is 11.8 Å². The number of benzene rings is 1. The zero-order chi connectivity index (χ0) is 16.0. The Balaban J connectivity index is 3.05. The van der Waals surface area contributed by atoms with Gasteiger partial charge in [0.05, 0.1) is 12.7 Å². The topological polar surface area (TPSA) is 92.7 Å². The minimum Gasteiger partial charge on any atom is -0.495 e. The van der Waals surface area contributed by atoms with E-state index >= 15 is 0 Å². The Bertz CT molecular complexity index is 601. The molecule has 0 heterocycles. The van der Waals surface area contributed by atoms with Gasteiger partial charge in [-0.3, -0.25) is 0 Å². The molecular formula is C13H19NO5S2. The van der Waals surface area contributed by atoms with Crippen LogP contribution in [0.25, 0.3) is 0 Å². The van der Waals surface area contributed by atoms with Crippen molar-refractivity contribution >= 4 is 27.8 Å². The van der Waals surface area contributed by atoms with E-state index in [0.29, 0.717) is 0 Å². The molecule has 6 nitrogen and oxygen atoms in total. The lowest BCUT2D eigenvalue weighted by Gasteiger charge is -2.14. The van der Waals surface area contributed by atoms with E-state index in [1.165, 1.54) is 19.2 Å². The number of rotatable bonds is 8. The molecule has 0 radical (unpaired) electrons. The zero-order valence-electron chi connectivity index (χ0n) is 12.1. The number of aromatic carboxylic acids is 1. The summed E-state index contributed by atoms with van der Waals surface area (Å²) in [5.74, 6) is -0.0762. The van der Waals surface area contributed by atoms with Crippen LogP contribution in [0.1, 0.15) is 17.3 Å². The highest BCUT2D eigenvalue weighted by molar-refractivity contribution is 7.98. The lowest BCUT2D eigenvalue weighted by atomic mass is 10.2. The van der Waals surface area contributed by atoms with E-state index in [1.807, 2.05) is 13.2 Å². The van der Waals surface area contributed by atoms with Gasteiger partial charge >= 0.3 is 5.97 Å². The Kier molecular flexibility index (Phi) is 6.50. The van der Waals surface area contributed by atoms with Gasteiger partial charge in [0.1, 0.15) is 10.6 Å². The summed E-state index contributed by atoms with van der Waals surface area (Å²) in [6, 6.07) is 3.74. The average molecular weight is 333 g/mol. The largest absolute Gasteiger partial charge is 0.495 e. The molecule has 1 unspecified atom stereocenters. The molecule has 0 aromatic heterocycles. The first kappa shape index (κ1) is 17.8. The summed E-state index contributed by atoms with van der Waals surface area (Å²) >= 11 is 1.63. The number of nitrogens with one attached hydrogen (secondary N) is 1. The molecule has 1 aromatic rings. The number of methoxy groups -OCH3 is 1. The van der Waals surface area contributed by atoms with E-state index < -0.39 is 16.0 Å². The predicted octanol–water partition coefficient (Wildman–Crippen LogP) is 1.67. The van der Waals surface area contributed by atoms with Gasteiger partial charge < -0.3 is 9.84 Å². The van der Waals surface area contributed by atoms with Crippen LogP contribution in [-0.2, 0) is 10.0 Å². The van der Waals surface area contributed by atoms with Crippen molar-refractivity contribution in [2.24, 2.45) is 5.92 Å². The Labute approximate surface area is 128 Å². The average Bonchev–Trinajstić information content (AvgIpc) is 2.44. The van der Waals surface area contributed by atoms with Gasteiger partial charge in [0.15, 0.2) is 0 Å². The Morgan fingerprint density at radius 2 is 2.14 bits per heavy atom. The Morgan fingerprint density at radius 3 is 2.67 bits per heavy atom. The van der Waals surface area contributed by atoms with E-state index in [4.69, 9.17) is 9.84 Å². The van der Waals surface area contributed by atoms with E-state index in [-0.39, 0.29) is 28.7 Å². The number of carbonyl (C=O) groups is 1. The molecule has 0 bridgehead atoms. The smallest absolute Gasteiger partial charge is 0.335 e. The number of carboxylic acid groups (broad SMARTS) is 1. The quantitative estimate of drug-likeness (QED) is 0.752. The maximum Gasteiger partial charge on any atom is 0.335 e. The summed E-state index contributed by atoms with van der Waals surface area (Å²) in [5, 5.41) is 8.97. The summed E-state index contributed by atoms with van der Waals surface area (Å²) in [6.45, 7) is 2.22. The second kappa shape index (κ2) is 7.67. The SMILES string of the molecule is COc1ccc(C(=O)O)cc1S(=O)(=O)NCC(C)CSC. The fourth-order valence-electron chi connectivity index (χ4n) is 1.69. The maximum atomic E-state index is 12.3. The molecule has 0 spiro atoms. The highest BCUT2D eigenvalue weighted by Crippen LogP contribution is 2.25. The number of hydrogen-bond acceptors (Lipinski definition) is 5. The molecule has 21 heavy (non-hydrogen) atoms. The molecule has 0 amide bonds. The summed E-state index contributed by atoms with van der Waals surface area (Å²) in [6.07, 6.45) is 1.95. The molecule has 0 aliphatic carbocycles. The standard InChI is InChI=1S/C13H19NO5S2/c1-9(8-20-3)7-14-21(17,18)12-6-10(13(15)16)4-5-11(12)19-2/h4-6,9,14H,7-8H2,1-3H3,(H,15,16). The summed E-state index contributed by atoms with van der Waals surface area (Å²) in [7, 11) is -2.48. The van der Waals surface area contributed by atoms with Gasteiger partial charge in [-0.05, 0) is 36.1 Å². The predicted molar refractivity (Wildman–Crippen MR) is 82.7 cm³/mol. The van der Waals surface area contributed by atoms with E-state index in [9.17, 15) is 13.2 Å². The molecule has 8 heteroatoms. The van der Waals surface area contributed by atoms with Crippen LogP contribution in [0.3, 0.4) is 0 Å². The summed E-state index contributed by atoms with van der Waals surface area (Å²) in [4.78, 5) is 10.8. The fraction of sp³-hybridized carbons (Fsp3) is 0.462. The van der Waals surface area contributed by atoms with Crippen molar-refractivity contribution in [3.8, 4) is 5.75 Å². The van der Waals surface area contributed by atoms with E-state index in [2.05, 4.69) is 4.72 Å². The Morgan fingerprint density at radius 1 is 1.48 bits per heavy atom. The van der Waals surface area contributed by atoms with Crippen LogP contribution in [0.5, 0.6) is 5.75 Å². The van der Waals surface area contributed by atoms with Gasteiger partial charge in [0.2, 0.25) is 10.0 Å². The zero-order valence-corrected chi connectivity index (χ0v) is 13.8. The molecular weight excluding hydrogens is 314 g/mol. The van der Waals surface area contributed by atoms with Crippen molar-refractivity contribution < 1.29 is 23.1 Å². The third-order valence-corrected chi connectivity index (χ3v) is 5.12. The number of thioether (sulfide) groups is 1. The maximum absolute atomic E-state index is 12.3. The van der Waals surface area contributed by atoms with Crippen molar-refractivity contribution in [3.05, 3.63) is 23.8 Å². The third kappa shape index (κ3) is 4.90. The van der Waals surface area contributed by atoms with E-state index in [1.54, 1.807) is 11.8 Å². The third-order valence-electron chi connectivity index (χ3n) is 2.77. The molecule has 0 fully saturated rings. The van der Waals surface area contributed by atoms with Gasteiger partial charge in [-0.1, -0.05) is 6.92 Å². The molecule has 0 saturated heterocycles. The van der Waals surface area contributed by atoms with E-state index in [0.717, 1.165) is 11.8 Å². The normalized spacial score (nSPS) is 12.9. The van der Waals surface area contributed by atoms with Crippen LogP contribution >= 0.6 is 11.8 Å². The first-order valence-electron chi connectivity index (χ1n) is 6.21. The van der Waals surface area contributed by atoms with Crippen LogP contribution in [0.2, 0.25) is 0 Å². The molecule has 1 aromatic carbocycles. The molecule has 1 atom stereocenters. The van der Waals surface area contributed by atoms with Crippen molar-refractivity contribution in [3.63, 3.8) is 0 Å². The molecule has 0 aliphatic heterocycles. The minimum atomic E-state index is -3.82. The first-order chi connectivity index (χ1) is 9.81. The lowest BCUT2D eigenvalue weighted by Crippen LogP contribution is -2.29. The second-order valence-corrected chi connectivity index (χ2v) is 7.23. The number of ether oxygens (including phenoxy) is 1. The van der Waals surface area contributed by atoms with Crippen LogP contribution < -0.4 is 9.46 Å². The second-order valence-electron chi connectivity index (χ2n) is 4.58. The first-order valence-corrected chi connectivity index (χ1v) is 9.09. The highest BCUT2D eigenvalue weighted by atomic mass is 32.2. The van der Waals surface area contributed by atoms with Gasteiger partial charge in [-0.2, -0.15) is 11.8 Å². The minimum absolute atomic E-state index is 0.103. The van der Waals surface area contributed by atoms with Crippen LogP contribution in [-0.4, -0.2) is 45.2 Å². The van der Waals surface area contributed by atoms with Gasteiger partial charge in [-0.15, -0.1) is 0 Å². The van der Waals surface area contributed by atoms with Crippen molar-refractivity contribution in [1.29, 1.82) is 0 Å². The monoisotopic (exact) mass is 333 g/mol. The molecule has 1 rings (SSSR count). The Hall–Kier alpha value is -1.25. The lowest BCUT2D eigenvalue weighted by molar-refractivity contribution is 0.0696. The summed E-state index contributed by atoms with van der Waals surface area (Å²) < 4.78 is 32.1. The molecule has 2 N–H and O–H groups in total. The highest BCUT2D eigenvalue weighted by Gasteiger charge is 2.22. The fourth-order valence-corrected chi connectivity index (χ4v) is 3.74. The number of hydrogen-bond donors (Lipinski definition) is 2. The van der Waals surface area contributed by atoms with Gasteiger partial charge in [-0.25, -0.2) is 17.9 Å². The molecule has 0 saturated carbocycles. The van der Waals surface area contributed by atoms with Gasteiger partial charge in [0.25, 0.3) is 0 Å². The number of sulfonamides is 1.